The highest BCUT2D eigenvalue weighted by Crippen LogP contribution is 2.40. The lowest BCUT2D eigenvalue weighted by Crippen LogP contribution is -2.57. The molecule has 4 bridgehead atoms. The Morgan fingerprint density at radius 2 is 1.48 bits per heavy atom. The molecule has 0 fully saturated rings. The Morgan fingerprint density at radius 1 is 0.839 bits per heavy atom. The first-order valence-corrected chi connectivity index (χ1v) is 20.2. The predicted molar refractivity (Wildman–Crippen MR) is 228 cm³/mol. The zero-order valence-corrected chi connectivity index (χ0v) is 35.8. The number of nitrogens with two attached hydrogens (primary N) is 3. The molecule has 1 aliphatic rings. The van der Waals surface area contributed by atoms with Crippen molar-refractivity contribution in [3.8, 4) is 22.6 Å². The van der Waals surface area contributed by atoms with Crippen LogP contribution in [0, 0.1) is 13.8 Å². The van der Waals surface area contributed by atoms with Crippen LogP contribution in [0.2, 0.25) is 0 Å². The fourth-order valence-corrected chi connectivity index (χ4v) is 6.77. The van der Waals surface area contributed by atoms with Gasteiger partial charge in [-0.05, 0) is 87.7 Å². The first-order chi connectivity index (χ1) is 29.5. The number of fused-ring (bicyclic) bond motifs is 5. The Morgan fingerprint density at radius 3 is 2.10 bits per heavy atom. The number of nitrogens with one attached hydrogen (secondary N) is 5. The molecule has 3 aromatic carbocycles. The molecular formula is C43H57N9O10. The summed E-state index contributed by atoms with van der Waals surface area (Å²) in [5.74, 6) is -4.38. The quantitative estimate of drug-likeness (QED) is 0.0931. The zero-order valence-electron chi connectivity index (χ0n) is 35.8. The third-order valence-corrected chi connectivity index (χ3v) is 9.95. The highest BCUT2D eigenvalue weighted by atomic mass is 16.7. The molecule has 1 heterocycles. The number of aryl methyl sites for hydroxylation is 2. The lowest BCUT2D eigenvalue weighted by Gasteiger charge is -2.32. The summed E-state index contributed by atoms with van der Waals surface area (Å²) in [5.41, 5.74) is 23.3. The molecule has 6 amide bonds. The van der Waals surface area contributed by atoms with E-state index in [9.17, 15) is 33.6 Å². The number of carbonyl (C=O) groups is 7. The van der Waals surface area contributed by atoms with Crippen molar-refractivity contribution in [3.63, 3.8) is 0 Å². The Hall–Kier alpha value is -6.57. The molecule has 1 aliphatic heterocycles. The van der Waals surface area contributed by atoms with Gasteiger partial charge in [-0.2, -0.15) is 5.48 Å². The minimum Gasteiger partial charge on any atom is -0.492 e. The lowest BCUT2D eigenvalue weighted by atomic mass is 9.93. The number of carbonyl (C=O) groups excluding carboxylic acids is 7. The van der Waals surface area contributed by atoms with Crippen molar-refractivity contribution in [3.05, 3.63) is 82.4 Å². The summed E-state index contributed by atoms with van der Waals surface area (Å²) in [6, 6.07) is 8.91. The lowest BCUT2D eigenvalue weighted by molar-refractivity contribution is -0.157. The van der Waals surface area contributed by atoms with E-state index < -0.39 is 71.6 Å². The Kier molecular flexibility index (Phi) is 17.3. The molecule has 19 heteroatoms. The normalized spacial score (nSPS) is 17.1. The first-order valence-electron chi connectivity index (χ1n) is 20.2. The number of ether oxygens (including phenoxy) is 2. The minimum absolute atomic E-state index is 0.0229. The number of hydroxylamine groups is 1. The monoisotopic (exact) mass is 859 g/mol. The van der Waals surface area contributed by atoms with Crippen molar-refractivity contribution >= 4 is 41.4 Å². The molecule has 3 aromatic rings. The Labute approximate surface area is 360 Å². The van der Waals surface area contributed by atoms with E-state index in [2.05, 4.69) is 26.1 Å². The van der Waals surface area contributed by atoms with Crippen molar-refractivity contribution in [1.82, 2.24) is 31.6 Å². The smallest absolute Gasteiger partial charge is 0.329 e. The van der Waals surface area contributed by atoms with E-state index in [0.29, 0.717) is 44.9 Å². The van der Waals surface area contributed by atoms with Gasteiger partial charge in [0.2, 0.25) is 23.6 Å². The van der Waals surface area contributed by atoms with Gasteiger partial charge in [0.25, 0.3) is 11.8 Å². The van der Waals surface area contributed by atoms with Crippen LogP contribution in [0.5, 0.6) is 11.5 Å². The second-order valence-electron chi connectivity index (χ2n) is 14.9. The van der Waals surface area contributed by atoms with E-state index in [4.69, 9.17) is 26.7 Å². The van der Waals surface area contributed by atoms with Gasteiger partial charge in [0.1, 0.15) is 54.9 Å². The molecule has 0 spiro atoms. The van der Waals surface area contributed by atoms with Crippen LogP contribution in [-0.4, -0.2) is 110 Å². The second-order valence-corrected chi connectivity index (χ2v) is 14.9. The van der Waals surface area contributed by atoms with E-state index in [1.807, 2.05) is 18.5 Å². The van der Waals surface area contributed by atoms with Gasteiger partial charge in [-0.25, -0.2) is 0 Å². The SMILES string of the molecule is CC(=O)ONC(=O)[C@H](C)NC(=O)[C@@H]1Cc2ccc(OCCN)c(c2)-c2cc(ccc2OCCN)[C@H](N(C)C(=O)[C@H](CCN)NC(=O)c2ccc(C)cc2C)C(=O)N[C@@H](C)C(=O)N1. The summed E-state index contributed by atoms with van der Waals surface area (Å²) in [4.78, 5) is 99.7. The molecule has 0 radical (unpaired) electrons. The van der Waals surface area contributed by atoms with Gasteiger partial charge in [-0.1, -0.05) is 29.8 Å². The molecule has 334 valence electrons. The maximum Gasteiger partial charge on any atom is 0.329 e. The summed E-state index contributed by atoms with van der Waals surface area (Å²) in [7, 11) is 1.40. The molecule has 19 nitrogen and oxygen atoms in total. The zero-order chi connectivity index (χ0) is 45.7. The van der Waals surface area contributed by atoms with Crippen LogP contribution >= 0.6 is 0 Å². The topological polar surface area (TPSA) is 289 Å². The van der Waals surface area contributed by atoms with Gasteiger partial charge in [0, 0.05) is 50.2 Å². The van der Waals surface area contributed by atoms with Crippen LogP contribution in [0.4, 0.5) is 0 Å². The van der Waals surface area contributed by atoms with Crippen LogP contribution < -0.4 is 53.4 Å². The molecule has 11 N–H and O–H groups in total. The van der Waals surface area contributed by atoms with Gasteiger partial charge in [-0.15, -0.1) is 0 Å². The number of benzene rings is 3. The van der Waals surface area contributed by atoms with Crippen LogP contribution in [0.1, 0.15) is 65.8 Å². The van der Waals surface area contributed by atoms with Gasteiger partial charge in [0.15, 0.2) is 0 Å². The molecule has 0 aromatic heterocycles. The summed E-state index contributed by atoms with van der Waals surface area (Å²) < 4.78 is 12.2. The van der Waals surface area contributed by atoms with Crippen molar-refractivity contribution in [2.75, 3.05) is 39.9 Å². The van der Waals surface area contributed by atoms with Crippen LogP contribution in [0.3, 0.4) is 0 Å². The molecule has 5 atom stereocenters. The van der Waals surface area contributed by atoms with Crippen molar-refractivity contribution in [2.24, 2.45) is 17.2 Å². The number of nitrogens with zero attached hydrogens (tertiary/aromatic N) is 1. The van der Waals surface area contributed by atoms with Crippen molar-refractivity contribution in [2.45, 2.75) is 77.7 Å². The van der Waals surface area contributed by atoms with Crippen LogP contribution in [-0.2, 0) is 40.0 Å². The third-order valence-electron chi connectivity index (χ3n) is 9.95. The second kappa shape index (κ2) is 22.3. The number of hydrogen-bond acceptors (Lipinski definition) is 13. The summed E-state index contributed by atoms with van der Waals surface area (Å²) in [5, 5.41) is 10.7. The molecular weight excluding hydrogens is 803 g/mol. The maximum atomic E-state index is 14.5. The number of rotatable bonds is 15. The molecule has 0 unspecified atom stereocenters. The molecule has 62 heavy (non-hydrogen) atoms. The highest BCUT2D eigenvalue weighted by molar-refractivity contribution is 6.00. The van der Waals surface area contributed by atoms with E-state index in [0.717, 1.165) is 12.5 Å². The fraction of sp³-hybridized carbons (Fsp3) is 0.419. The highest BCUT2D eigenvalue weighted by Gasteiger charge is 2.36. The fourth-order valence-electron chi connectivity index (χ4n) is 6.77. The number of amides is 6. The largest absolute Gasteiger partial charge is 0.492 e. The van der Waals surface area contributed by atoms with Crippen molar-refractivity contribution in [1.29, 1.82) is 0 Å². The average molecular weight is 860 g/mol. The van der Waals surface area contributed by atoms with Crippen LogP contribution in [0.15, 0.2) is 54.6 Å². The van der Waals surface area contributed by atoms with E-state index in [1.165, 1.54) is 25.8 Å². The van der Waals surface area contributed by atoms with E-state index >= 15 is 0 Å². The molecule has 0 saturated heterocycles. The standard InChI is InChI=1S/C43H57N9O10/c1-23-7-10-30(24(2)19-23)40(56)49-33(13-14-44)43(59)52(6)37-29-9-12-36(61-18-16-46)32(22-29)31-20-28(8-11-35(31)60-17-15-45)21-34(50-38(54)25(3)48-42(37)58)41(57)47-26(4)39(55)51-62-27(5)53/h7-12,19-20,22,25-26,33-34,37H,13-18,21,44-46H2,1-6H3,(H,47,57)(H,48,58)(H,49,56)(H,50,54)(H,51,55)/t25-,26-,33-,34-,37-/m0/s1. The van der Waals surface area contributed by atoms with E-state index in [-0.39, 0.29) is 45.7 Å². The van der Waals surface area contributed by atoms with Gasteiger partial charge in [-0.3, -0.25) is 33.6 Å². The summed E-state index contributed by atoms with van der Waals surface area (Å²) >= 11 is 0. The van der Waals surface area contributed by atoms with Crippen molar-refractivity contribution < 1.29 is 47.9 Å². The maximum absolute atomic E-state index is 14.5. The Balaban J connectivity index is 1.85. The Bertz CT molecular complexity index is 2150. The summed E-state index contributed by atoms with van der Waals surface area (Å²) in [6.45, 7) is 8.13. The first kappa shape index (κ1) is 48.1. The van der Waals surface area contributed by atoms with Gasteiger partial charge >= 0.3 is 5.97 Å². The predicted octanol–water partition coefficient (Wildman–Crippen LogP) is -0.0631. The number of likely N-dealkylation sites (N-methyl/N-ethyl adjacent to an activating group) is 1. The van der Waals surface area contributed by atoms with Gasteiger partial charge < -0.3 is 57.7 Å². The van der Waals surface area contributed by atoms with Crippen LogP contribution in [0.25, 0.3) is 11.1 Å². The summed E-state index contributed by atoms with van der Waals surface area (Å²) in [6.07, 6.45) is -0.0677. The van der Waals surface area contributed by atoms with Gasteiger partial charge in [0.05, 0.1) is 0 Å². The minimum atomic E-state index is -1.41. The molecule has 0 aliphatic carbocycles. The molecule has 0 saturated carbocycles. The number of hydrogen-bond donors (Lipinski definition) is 8. The molecule has 4 rings (SSSR count). The third kappa shape index (κ3) is 12.5. The average Bonchev–Trinajstić information content (AvgIpc) is 3.23. The van der Waals surface area contributed by atoms with E-state index in [1.54, 1.807) is 55.5 Å².